The normalized spacial score (nSPS) is 10.4. The van der Waals surface area contributed by atoms with E-state index < -0.39 is 0 Å². The summed E-state index contributed by atoms with van der Waals surface area (Å²) in [5.41, 5.74) is 3.01. The van der Waals surface area contributed by atoms with Crippen LogP contribution in [0, 0.1) is 6.92 Å². The van der Waals surface area contributed by atoms with Crippen molar-refractivity contribution >= 4 is 5.69 Å². The lowest BCUT2D eigenvalue weighted by Crippen LogP contribution is -1.99. The smallest absolute Gasteiger partial charge is 0.103 e. The van der Waals surface area contributed by atoms with Gasteiger partial charge in [0.25, 0.3) is 0 Å². The van der Waals surface area contributed by atoms with E-state index in [1.54, 1.807) is 0 Å². The molecule has 1 aromatic heterocycles. The van der Waals surface area contributed by atoms with Crippen molar-refractivity contribution in [2.24, 2.45) is 0 Å². The van der Waals surface area contributed by atoms with Gasteiger partial charge in [0.2, 0.25) is 0 Å². The SMILES string of the molecule is Cc1ncc(CNc2ccc(CO)cc2)[nH]1. The number of H-pyrrole nitrogens is 1. The van der Waals surface area contributed by atoms with E-state index in [4.69, 9.17) is 5.11 Å². The Labute approximate surface area is 94.4 Å². The largest absolute Gasteiger partial charge is 0.392 e. The molecule has 0 aliphatic rings. The first-order valence-electron chi connectivity index (χ1n) is 5.22. The topological polar surface area (TPSA) is 60.9 Å². The third-order valence-corrected chi connectivity index (χ3v) is 2.37. The van der Waals surface area contributed by atoms with Crippen molar-refractivity contribution in [1.29, 1.82) is 0 Å². The van der Waals surface area contributed by atoms with Gasteiger partial charge in [-0.05, 0) is 24.6 Å². The highest BCUT2D eigenvalue weighted by Gasteiger charge is 1.97. The van der Waals surface area contributed by atoms with Gasteiger partial charge in [-0.15, -0.1) is 0 Å². The van der Waals surface area contributed by atoms with Gasteiger partial charge >= 0.3 is 0 Å². The molecule has 0 radical (unpaired) electrons. The van der Waals surface area contributed by atoms with Crippen LogP contribution in [0.4, 0.5) is 5.69 Å². The van der Waals surface area contributed by atoms with E-state index in [1.807, 2.05) is 37.4 Å². The van der Waals surface area contributed by atoms with Gasteiger partial charge in [0, 0.05) is 5.69 Å². The van der Waals surface area contributed by atoms with Crippen LogP contribution in [0.2, 0.25) is 0 Å². The van der Waals surface area contributed by atoms with Crippen molar-refractivity contribution in [2.45, 2.75) is 20.1 Å². The average Bonchev–Trinajstić information content (AvgIpc) is 2.73. The Morgan fingerprint density at radius 2 is 2.06 bits per heavy atom. The quantitative estimate of drug-likeness (QED) is 0.732. The molecule has 4 heteroatoms. The summed E-state index contributed by atoms with van der Waals surface area (Å²) >= 11 is 0. The number of hydrogen-bond acceptors (Lipinski definition) is 3. The van der Waals surface area contributed by atoms with E-state index in [2.05, 4.69) is 15.3 Å². The molecule has 0 fully saturated rings. The number of rotatable bonds is 4. The highest BCUT2D eigenvalue weighted by molar-refractivity contribution is 5.44. The summed E-state index contributed by atoms with van der Waals surface area (Å²) in [7, 11) is 0. The minimum atomic E-state index is 0.0834. The molecule has 0 bridgehead atoms. The maximum atomic E-state index is 8.91. The van der Waals surface area contributed by atoms with E-state index in [-0.39, 0.29) is 6.61 Å². The predicted molar refractivity (Wildman–Crippen MR) is 63.0 cm³/mol. The van der Waals surface area contributed by atoms with Crippen LogP contribution in [0.5, 0.6) is 0 Å². The zero-order valence-electron chi connectivity index (χ0n) is 9.20. The minimum absolute atomic E-state index is 0.0834. The standard InChI is InChI=1S/C12H15N3O/c1-9-13-6-12(15-9)7-14-11-4-2-10(8-16)3-5-11/h2-6,14,16H,7-8H2,1H3,(H,13,15). The number of aryl methyl sites for hydroxylation is 1. The third-order valence-electron chi connectivity index (χ3n) is 2.37. The average molecular weight is 217 g/mol. The Bertz CT molecular complexity index is 448. The second-order valence-corrected chi connectivity index (χ2v) is 3.70. The lowest BCUT2D eigenvalue weighted by molar-refractivity contribution is 0.282. The van der Waals surface area contributed by atoms with E-state index >= 15 is 0 Å². The molecule has 16 heavy (non-hydrogen) atoms. The highest BCUT2D eigenvalue weighted by Crippen LogP contribution is 2.10. The van der Waals surface area contributed by atoms with Crippen LogP contribution in [0.1, 0.15) is 17.1 Å². The maximum absolute atomic E-state index is 8.91. The first-order valence-corrected chi connectivity index (χ1v) is 5.22. The molecule has 1 heterocycles. The number of nitrogens with one attached hydrogen (secondary N) is 2. The van der Waals surface area contributed by atoms with Gasteiger partial charge in [-0.2, -0.15) is 0 Å². The summed E-state index contributed by atoms with van der Waals surface area (Å²) in [5, 5.41) is 12.2. The minimum Gasteiger partial charge on any atom is -0.392 e. The molecule has 2 rings (SSSR count). The van der Waals surface area contributed by atoms with E-state index in [0.717, 1.165) is 29.3 Å². The number of benzene rings is 1. The molecule has 2 aromatic rings. The van der Waals surface area contributed by atoms with Crippen molar-refractivity contribution in [3.63, 3.8) is 0 Å². The lowest BCUT2D eigenvalue weighted by atomic mass is 10.2. The van der Waals surface area contributed by atoms with Crippen molar-refractivity contribution in [2.75, 3.05) is 5.32 Å². The van der Waals surface area contributed by atoms with Crippen molar-refractivity contribution in [3.05, 3.63) is 47.5 Å². The second kappa shape index (κ2) is 4.81. The lowest BCUT2D eigenvalue weighted by Gasteiger charge is -2.05. The first-order chi connectivity index (χ1) is 7.78. The molecule has 0 aliphatic heterocycles. The summed E-state index contributed by atoms with van der Waals surface area (Å²) in [4.78, 5) is 7.28. The number of aliphatic hydroxyl groups excluding tert-OH is 1. The number of hydrogen-bond donors (Lipinski definition) is 3. The van der Waals surface area contributed by atoms with Gasteiger partial charge in [-0.3, -0.25) is 0 Å². The molecule has 0 atom stereocenters. The Hall–Kier alpha value is -1.81. The molecular weight excluding hydrogens is 202 g/mol. The summed E-state index contributed by atoms with van der Waals surface area (Å²) in [5.74, 6) is 0.924. The first kappa shape index (κ1) is 10.7. The molecule has 0 saturated carbocycles. The van der Waals surface area contributed by atoms with E-state index in [1.165, 1.54) is 0 Å². The molecule has 0 saturated heterocycles. The zero-order chi connectivity index (χ0) is 11.4. The van der Waals surface area contributed by atoms with Gasteiger partial charge in [0.05, 0.1) is 25.0 Å². The number of nitrogens with zero attached hydrogens (tertiary/aromatic N) is 1. The molecule has 4 nitrogen and oxygen atoms in total. The summed E-state index contributed by atoms with van der Waals surface area (Å²) < 4.78 is 0. The number of aromatic amines is 1. The van der Waals surface area contributed by atoms with Gasteiger partial charge < -0.3 is 15.4 Å². The Balaban J connectivity index is 1.94. The fourth-order valence-corrected chi connectivity index (χ4v) is 1.49. The van der Waals surface area contributed by atoms with Crippen LogP contribution in [0.15, 0.2) is 30.5 Å². The number of imidazole rings is 1. The Kier molecular flexibility index (Phi) is 3.22. The van der Waals surface area contributed by atoms with E-state index in [0.29, 0.717) is 0 Å². The molecule has 3 N–H and O–H groups in total. The fraction of sp³-hybridized carbons (Fsp3) is 0.250. The fourth-order valence-electron chi connectivity index (χ4n) is 1.49. The molecule has 0 unspecified atom stereocenters. The van der Waals surface area contributed by atoms with Crippen molar-refractivity contribution < 1.29 is 5.11 Å². The van der Waals surface area contributed by atoms with Crippen LogP contribution < -0.4 is 5.32 Å². The molecule has 0 amide bonds. The maximum Gasteiger partial charge on any atom is 0.103 e. The summed E-state index contributed by atoms with van der Waals surface area (Å²) in [6.45, 7) is 2.73. The molecular formula is C12H15N3O. The van der Waals surface area contributed by atoms with Crippen LogP contribution in [-0.2, 0) is 13.2 Å². The number of aliphatic hydroxyl groups is 1. The van der Waals surface area contributed by atoms with Gasteiger partial charge in [0.1, 0.15) is 5.82 Å². The second-order valence-electron chi connectivity index (χ2n) is 3.70. The van der Waals surface area contributed by atoms with Crippen LogP contribution in [0.3, 0.4) is 0 Å². The highest BCUT2D eigenvalue weighted by atomic mass is 16.3. The Morgan fingerprint density at radius 1 is 1.31 bits per heavy atom. The zero-order valence-corrected chi connectivity index (χ0v) is 9.20. The van der Waals surface area contributed by atoms with Crippen molar-refractivity contribution in [3.8, 4) is 0 Å². The van der Waals surface area contributed by atoms with Gasteiger partial charge in [-0.1, -0.05) is 12.1 Å². The van der Waals surface area contributed by atoms with Crippen molar-refractivity contribution in [1.82, 2.24) is 9.97 Å². The molecule has 84 valence electrons. The summed E-state index contributed by atoms with van der Waals surface area (Å²) in [6, 6.07) is 7.71. The van der Waals surface area contributed by atoms with Crippen LogP contribution in [0.25, 0.3) is 0 Å². The number of anilines is 1. The van der Waals surface area contributed by atoms with E-state index in [9.17, 15) is 0 Å². The monoisotopic (exact) mass is 217 g/mol. The number of aromatic nitrogens is 2. The predicted octanol–water partition coefficient (Wildman–Crippen LogP) is 1.82. The third kappa shape index (κ3) is 2.61. The Morgan fingerprint density at radius 3 is 2.62 bits per heavy atom. The molecule has 0 spiro atoms. The van der Waals surface area contributed by atoms with Gasteiger partial charge in [0.15, 0.2) is 0 Å². The van der Waals surface area contributed by atoms with Crippen LogP contribution >= 0.6 is 0 Å². The van der Waals surface area contributed by atoms with Crippen LogP contribution in [-0.4, -0.2) is 15.1 Å². The molecule has 0 aliphatic carbocycles. The summed E-state index contributed by atoms with van der Waals surface area (Å²) in [6.07, 6.45) is 1.82. The molecule has 1 aromatic carbocycles. The van der Waals surface area contributed by atoms with Gasteiger partial charge in [-0.25, -0.2) is 4.98 Å².